The van der Waals surface area contributed by atoms with Crippen molar-refractivity contribution in [2.75, 3.05) is 0 Å². The number of halogens is 1. The quantitative estimate of drug-likeness (QED) is 0.401. The third-order valence-electron chi connectivity index (χ3n) is 5.72. The zero-order chi connectivity index (χ0) is 21.6. The van der Waals surface area contributed by atoms with Crippen molar-refractivity contribution in [3.8, 4) is 5.69 Å². The molecule has 6 heteroatoms. The van der Waals surface area contributed by atoms with Crippen LogP contribution in [0.5, 0.6) is 0 Å². The molecule has 0 aliphatic carbocycles. The van der Waals surface area contributed by atoms with Crippen molar-refractivity contribution in [2.24, 2.45) is 0 Å². The second-order valence-electron chi connectivity index (χ2n) is 7.75. The molecule has 1 aliphatic heterocycles. The molecule has 0 spiro atoms. The highest BCUT2D eigenvalue weighted by Crippen LogP contribution is 2.40. The lowest BCUT2D eigenvalue weighted by atomic mass is 10.0. The molecular formula is C25H21ClN2O2S. The number of aromatic nitrogens is 1. The average molecular weight is 449 g/mol. The van der Waals surface area contributed by atoms with Crippen LogP contribution in [-0.2, 0) is 16.6 Å². The van der Waals surface area contributed by atoms with Gasteiger partial charge in [0.05, 0.1) is 10.9 Å². The molecule has 1 unspecified atom stereocenters. The van der Waals surface area contributed by atoms with Gasteiger partial charge in [0, 0.05) is 29.1 Å². The highest BCUT2D eigenvalue weighted by molar-refractivity contribution is 7.89. The molecule has 0 amide bonds. The summed E-state index contributed by atoms with van der Waals surface area (Å²) < 4.78 is 31.6. The third kappa shape index (κ3) is 3.49. The smallest absolute Gasteiger partial charge is 0.244 e. The molecule has 2 heterocycles. The van der Waals surface area contributed by atoms with Gasteiger partial charge in [0.25, 0.3) is 0 Å². The van der Waals surface area contributed by atoms with Crippen LogP contribution in [0.2, 0.25) is 5.02 Å². The normalized spacial score (nSPS) is 16.4. The summed E-state index contributed by atoms with van der Waals surface area (Å²) in [5.41, 5.74) is 4.88. The number of benzene rings is 3. The van der Waals surface area contributed by atoms with Crippen LogP contribution in [0, 0.1) is 6.92 Å². The minimum Gasteiger partial charge on any atom is -0.319 e. The summed E-state index contributed by atoms with van der Waals surface area (Å²) in [4.78, 5) is 0.189. The Morgan fingerprint density at radius 1 is 0.903 bits per heavy atom. The summed E-state index contributed by atoms with van der Waals surface area (Å²) in [6.07, 6.45) is 1.99. The van der Waals surface area contributed by atoms with Crippen molar-refractivity contribution in [1.29, 1.82) is 0 Å². The number of hydrogen-bond donors (Lipinski definition) is 0. The molecule has 1 aliphatic rings. The van der Waals surface area contributed by atoms with Crippen LogP contribution < -0.4 is 0 Å². The molecule has 4 aromatic rings. The standard InChI is InChI=1S/C25H21ClN2O2S/c1-18-11-13-19(14-12-18)25-24-10-5-15-27(24)23-9-3-2-6-20(23)17-28(25)31(29,30)22-8-4-7-21(26)16-22/h2-16,25H,17H2,1H3. The van der Waals surface area contributed by atoms with E-state index in [1.807, 2.05) is 73.8 Å². The maximum Gasteiger partial charge on any atom is 0.244 e. The molecule has 3 aromatic carbocycles. The van der Waals surface area contributed by atoms with E-state index < -0.39 is 16.1 Å². The molecule has 4 nitrogen and oxygen atoms in total. The van der Waals surface area contributed by atoms with E-state index in [2.05, 4.69) is 4.57 Å². The fourth-order valence-corrected chi connectivity index (χ4v) is 6.06. The van der Waals surface area contributed by atoms with Crippen molar-refractivity contribution in [3.05, 3.63) is 119 Å². The molecule has 0 fully saturated rings. The van der Waals surface area contributed by atoms with E-state index in [0.29, 0.717) is 5.02 Å². The van der Waals surface area contributed by atoms with Crippen LogP contribution in [0.1, 0.15) is 28.4 Å². The lowest BCUT2D eigenvalue weighted by Crippen LogP contribution is -2.34. The number of sulfonamides is 1. The maximum absolute atomic E-state index is 13.9. The largest absolute Gasteiger partial charge is 0.319 e. The molecule has 0 saturated heterocycles. The molecule has 1 atom stereocenters. The molecule has 0 N–H and O–H groups in total. The van der Waals surface area contributed by atoms with Crippen molar-refractivity contribution in [3.63, 3.8) is 0 Å². The second kappa shape index (κ2) is 7.68. The Bertz CT molecular complexity index is 1360. The van der Waals surface area contributed by atoms with E-state index in [-0.39, 0.29) is 11.4 Å². The summed E-state index contributed by atoms with van der Waals surface area (Å²) in [5.74, 6) is 0. The van der Waals surface area contributed by atoms with Crippen LogP contribution in [0.15, 0.2) is 96.0 Å². The van der Waals surface area contributed by atoms with E-state index in [4.69, 9.17) is 11.6 Å². The lowest BCUT2D eigenvalue weighted by molar-refractivity contribution is 0.353. The van der Waals surface area contributed by atoms with Gasteiger partial charge >= 0.3 is 0 Å². The zero-order valence-corrected chi connectivity index (χ0v) is 18.5. The fourth-order valence-electron chi connectivity index (χ4n) is 4.19. The van der Waals surface area contributed by atoms with Gasteiger partial charge in [-0.2, -0.15) is 4.31 Å². The van der Waals surface area contributed by atoms with Crippen LogP contribution in [0.4, 0.5) is 0 Å². The van der Waals surface area contributed by atoms with E-state index >= 15 is 0 Å². The Morgan fingerprint density at radius 3 is 2.45 bits per heavy atom. The van der Waals surface area contributed by atoms with Gasteiger partial charge in [0.1, 0.15) is 0 Å². The van der Waals surface area contributed by atoms with Crippen molar-refractivity contribution in [2.45, 2.75) is 24.4 Å². The van der Waals surface area contributed by atoms with Gasteiger partial charge in [-0.05, 0) is 54.4 Å². The van der Waals surface area contributed by atoms with E-state index in [9.17, 15) is 8.42 Å². The number of rotatable bonds is 3. The lowest BCUT2D eigenvalue weighted by Gasteiger charge is -2.30. The van der Waals surface area contributed by atoms with Crippen LogP contribution in [0.3, 0.4) is 0 Å². The third-order valence-corrected chi connectivity index (χ3v) is 7.76. The number of para-hydroxylation sites is 1. The first-order valence-electron chi connectivity index (χ1n) is 10.0. The van der Waals surface area contributed by atoms with Gasteiger partial charge in [0.15, 0.2) is 0 Å². The molecule has 31 heavy (non-hydrogen) atoms. The summed E-state index contributed by atoms with van der Waals surface area (Å²) in [5, 5.41) is 0.395. The van der Waals surface area contributed by atoms with Gasteiger partial charge in [-0.15, -0.1) is 0 Å². The van der Waals surface area contributed by atoms with E-state index in [1.54, 1.807) is 22.5 Å². The molecule has 156 valence electrons. The Balaban J connectivity index is 1.77. The molecule has 0 saturated carbocycles. The molecule has 5 rings (SSSR count). The van der Waals surface area contributed by atoms with Crippen molar-refractivity contribution >= 4 is 21.6 Å². The number of fused-ring (bicyclic) bond motifs is 3. The first-order valence-corrected chi connectivity index (χ1v) is 11.9. The molecule has 0 bridgehead atoms. The summed E-state index contributed by atoms with van der Waals surface area (Å²) in [7, 11) is -3.84. The molecule has 0 radical (unpaired) electrons. The topological polar surface area (TPSA) is 42.3 Å². The molecular weight excluding hydrogens is 428 g/mol. The van der Waals surface area contributed by atoms with Gasteiger partial charge in [-0.1, -0.05) is 65.7 Å². The fraction of sp³-hybridized carbons (Fsp3) is 0.120. The summed E-state index contributed by atoms with van der Waals surface area (Å²) in [6.45, 7) is 2.28. The minimum absolute atomic E-state index is 0.189. The Kier molecular flexibility index (Phi) is 4.97. The predicted molar refractivity (Wildman–Crippen MR) is 123 cm³/mol. The van der Waals surface area contributed by atoms with Gasteiger partial charge in [-0.3, -0.25) is 0 Å². The summed E-state index contributed by atoms with van der Waals surface area (Å²) >= 11 is 6.15. The Morgan fingerprint density at radius 2 is 1.68 bits per heavy atom. The van der Waals surface area contributed by atoms with Crippen molar-refractivity contribution < 1.29 is 8.42 Å². The summed E-state index contributed by atoms with van der Waals surface area (Å²) in [6, 6.07) is 25.9. The van der Waals surface area contributed by atoms with Gasteiger partial charge < -0.3 is 4.57 Å². The van der Waals surface area contributed by atoms with E-state index in [0.717, 1.165) is 28.1 Å². The van der Waals surface area contributed by atoms with Gasteiger partial charge in [-0.25, -0.2) is 8.42 Å². The van der Waals surface area contributed by atoms with E-state index in [1.165, 1.54) is 6.07 Å². The first kappa shape index (κ1) is 20.1. The van der Waals surface area contributed by atoms with Crippen LogP contribution in [-0.4, -0.2) is 17.3 Å². The van der Waals surface area contributed by atoms with Crippen LogP contribution in [0.25, 0.3) is 5.69 Å². The average Bonchev–Trinajstić information content (AvgIpc) is 3.19. The second-order valence-corrected chi connectivity index (χ2v) is 10.1. The predicted octanol–water partition coefficient (Wildman–Crippen LogP) is 5.73. The monoisotopic (exact) mass is 448 g/mol. The number of aryl methyl sites for hydroxylation is 1. The number of nitrogens with zero attached hydrogens (tertiary/aromatic N) is 2. The number of hydrogen-bond acceptors (Lipinski definition) is 2. The molecule has 1 aromatic heterocycles. The maximum atomic E-state index is 13.9. The highest BCUT2D eigenvalue weighted by atomic mass is 35.5. The van der Waals surface area contributed by atoms with Gasteiger partial charge in [0.2, 0.25) is 10.0 Å². The minimum atomic E-state index is -3.84. The Labute approximate surface area is 187 Å². The van der Waals surface area contributed by atoms with Crippen molar-refractivity contribution in [1.82, 2.24) is 8.87 Å². The zero-order valence-electron chi connectivity index (χ0n) is 16.9. The highest BCUT2D eigenvalue weighted by Gasteiger charge is 2.38. The first-order chi connectivity index (χ1) is 14.9. The Hall–Kier alpha value is -2.86. The SMILES string of the molecule is Cc1ccc(C2c3cccn3-c3ccccc3CN2S(=O)(=O)c2cccc(Cl)c2)cc1. The van der Waals surface area contributed by atoms with Crippen LogP contribution >= 0.6 is 11.6 Å².